The summed E-state index contributed by atoms with van der Waals surface area (Å²) in [6.07, 6.45) is 3.40. The molecule has 0 radical (unpaired) electrons. The zero-order valence-corrected chi connectivity index (χ0v) is 10.00. The Morgan fingerprint density at radius 1 is 1.33 bits per heavy atom. The minimum atomic E-state index is -0.439. The van der Waals surface area contributed by atoms with Gasteiger partial charge in [-0.25, -0.2) is 0 Å². The van der Waals surface area contributed by atoms with Gasteiger partial charge >= 0.3 is 0 Å². The highest BCUT2D eigenvalue weighted by atomic mass is 16.3. The summed E-state index contributed by atoms with van der Waals surface area (Å²) in [7, 11) is 2.19. The number of hydrogen-bond donors (Lipinski definition) is 2. The standard InChI is InChI=1S/C12H24N2O/c1-12(15)5-6-13-9-11(12)10-3-7-14(2)8-4-10/h10-11,13,15H,3-9H2,1-2H3. The van der Waals surface area contributed by atoms with Crippen molar-refractivity contribution in [1.82, 2.24) is 10.2 Å². The van der Waals surface area contributed by atoms with Crippen LogP contribution in [0, 0.1) is 11.8 Å². The van der Waals surface area contributed by atoms with Gasteiger partial charge in [0.25, 0.3) is 0 Å². The van der Waals surface area contributed by atoms with Gasteiger partial charge in [-0.2, -0.15) is 0 Å². The highest BCUT2D eigenvalue weighted by Gasteiger charge is 2.39. The van der Waals surface area contributed by atoms with E-state index in [4.69, 9.17) is 0 Å². The summed E-state index contributed by atoms with van der Waals surface area (Å²) in [4.78, 5) is 2.39. The zero-order valence-electron chi connectivity index (χ0n) is 10.00. The molecule has 2 N–H and O–H groups in total. The molecule has 2 aliphatic heterocycles. The molecule has 0 spiro atoms. The Hall–Kier alpha value is -0.120. The topological polar surface area (TPSA) is 35.5 Å². The minimum absolute atomic E-state index is 0.439. The highest BCUT2D eigenvalue weighted by molar-refractivity contribution is 4.93. The molecule has 2 unspecified atom stereocenters. The molecule has 0 saturated carbocycles. The number of rotatable bonds is 1. The fourth-order valence-electron chi connectivity index (χ4n) is 3.11. The molecule has 2 atom stereocenters. The molecular weight excluding hydrogens is 188 g/mol. The van der Waals surface area contributed by atoms with E-state index in [1.807, 2.05) is 6.92 Å². The average Bonchev–Trinajstić information content (AvgIpc) is 2.19. The van der Waals surface area contributed by atoms with Crippen molar-refractivity contribution in [2.75, 3.05) is 33.2 Å². The number of aliphatic hydroxyl groups is 1. The van der Waals surface area contributed by atoms with E-state index >= 15 is 0 Å². The van der Waals surface area contributed by atoms with Crippen LogP contribution in [-0.4, -0.2) is 48.8 Å². The number of likely N-dealkylation sites (tertiary alicyclic amines) is 1. The van der Waals surface area contributed by atoms with Gasteiger partial charge in [0.1, 0.15) is 0 Å². The number of nitrogens with one attached hydrogen (secondary N) is 1. The third kappa shape index (κ3) is 2.52. The monoisotopic (exact) mass is 212 g/mol. The van der Waals surface area contributed by atoms with Crippen molar-refractivity contribution >= 4 is 0 Å². The third-order valence-corrected chi connectivity index (χ3v) is 4.30. The summed E-state index contributed by atoms with van der Waals surface area (Å²) in [5, 5.41) is 13.8. The van der Waals surface area contributed by atoms with Crippen LogP contribution in [-0.2, 0) is 0 Å². The summed E-state index contributed by atoms with van der Waals surface area (Å²) < 4.78 is 0. The van der Waals surface area contributed by atoms with Crippen LogP contribution in [0.15, 0.2) is 0 Å². The van der Waals surface area contributed by atoms with Crippen LogP contribution in [0.3, 0.4) is 0 Å². The van der Waals surface area contributed by atoms with Gasteiger partial charge in [-0.1, -0.05) is 0 Å². The van der Waals surface area contributed by atoms with E-state index in [0.717, 1.165) is 19.5 Å². The summed E-state index contributed by atoms with van der Waals surface area (Å²) in [6, 6.07) is 0. The Balaban J connectivity index is 1.96. The molecule has 3 nitrogen and oxygen atoms in total. The van der Waals surface area contributed by atoms with E-state index in [2.05, 4.69) is 17.3 Å². The highest BCUT2D eigenvalue weighted by Crippen LogP contribution is 2.35. The lowest BCUT2D eigenvalue weighted by atomic mass is 9.72. The Labute approximate surface area is 92.8 Å². The maximum absolute atomic E-state index is 10.4. The SMILES string of the molecule is CN1CCC(C2CNCCC2(C)O)CC1. The molecule has 3 heteroatoms. The zero-order chi connectivity index (χ0) is 10.9. The molecule has 0 aromatic rings. The average molecular weight is 212 g/mol. The van der Waals surface area contributed by atoms with Crippen LogP contribution in [0.25, 0.3) is 0 Å². The third-order valence-electron chi connectivity index (χ3n) is 4.30. The molecule has 0 amide bonds. The second-order valence-electron chi connectivity index (χ2n) is 5.56. The van der Waals surface area contributed by atoms with E-state index < -0.39 is 5.60 Å². The molecular formula is C12H24N2O. The van der Waals surface area contributed by atoms with Gasteiger partial charge in [0, 0.05) is 12.5 Å². The van der Waals surface area contributed by atoms with Crippen LogP contribution in [0.1, 0.15) is 26.2 Å². The quantitative estimate of drug-likeness (QED) is 0.671. The molecule has 2 rings (SSSR count). The maximum Gasteiger partial charge on any atom is 0.0674 e. The largest absolute Gasteiger partial charge is 0.390 e. The van der Waals surface area contributed by atoms with Crippen molar-refractivity contribution in [3.05, 3.63) is 0 Å². The summed E-state index contributed by atoms with van der Waals surface area (Å²) in [6.45, 7) is 6.38. The van der Waals surface area contributed by atoms with Crippen LogP contribution in [0.4, 0.5) is 0 Å². The lowest BCUT2D eigenvalue weighted by Gasteiger charge is -2.44. The Morgan fingerprint density at radius 3 is 2.60 bits per heavy atom. The molecule has 88 valence electrons. The van der Waals surface area contributed by atoms with E-state index in [0.29, 0.717) is 11.8 Å². The summed E-state index contributed by atoms with van der Waals surface area (Å²) in [5.41, 5.74) is -0.439. The van der Waals surface area contributed by atoms with Gasteiger partial charge in [0.15, 0.2) is 0 Å². The van der Waals surface area contributed by atoms with Crippen LogP contribution in [0.2, 0.25) is 0 Å². The second kappa shape index (κ2) is 4.40. The molecule has 2 aliphatic rings. The Morgan fingerprint density at radius 2 is 2.00 bits per heavy atom. The van der Waals surface area contributed by atoms with Crippen molar-refractivity contribution in [2.45, 2.75) is 31.8 Å². The molecule has 2 saturated heterocycles. The number of piperidine rings is 2. The van der Waals surface area contributed by atoms with Crippen LogP contribution >= 0.6 is 0 Å². The first-order valence-electron chi connectivity index (χ1n) is 6.21. The van der Waals surface area contributed by atoms with Gasteiger partial charge in [0.05, 0.1) is 5.60 Å². The lowest BCUT2D eigenvalue weighted by Crippen LogP contribution is -2.52. The first-order valence-corrected chi connectivity index (χ1v) is 6.21. The summed E-state index contributed by atoms with van der Waals surface area (Å²) >= 11 is 0. The molecule has 0 bridgehead atoms. The van der Waals surface area contributed by atoms with Gasteiger partial charge < -0.3 is 15.3 Å². The Bertz CT molecular complexity index is 210. The molecule has 0 aromatic heterocycles. The molecule has 2 fully saturated rings. The number of nitrogens with zero attached hydrogens (tertiary/aromatic N) is 1. The first-order chi connectivity index (χ1) is 7.09. The van der Waals surface area contributed by atoms with Crippen LogP contribution in [0.5, 0.6) is 0 Å². The molecule has 2 heterocycles. The lowest BCUT2D eigenvalue weighted by molar-refractivity contribution is -0.0577. The molecule has 0 aliphatic carbocycles. The van der Waals surface area contributed by atoms with E-state index in [1.165, 1.54) is 25.9 Å². The fraction of sp³-hybridized carbons (Fsp3) is 1.00. The van der Waals surface area contributed by atoms with Crippen molar-refractivity contribution in [3.63, 3.8) is 0 Å². The number of hydrogen-bond acceptors (Lipinski definition) is 3. The maximum atomic E-state index is 10.4. The normalized spacial score (nSPS) is 40.6. The second-order valence-corrected chi connectivity index (χ2v) is 5.56. The predicted octanol–water partition coefficient (Wildman–Crippen LogP) is 0.689. The predicted molar refractivity (Wildman–Crippen MR) is 61.8 cm³/mol. The van der Waals surface area contributed by atoms with Crippen molar-refractivity contribution in [1.29, 1.82) is 0 Å². The van der Waals surface area contributed by atoms with Gasteiger partial charge in [-0.05, 0) is 58.8 Å². The van der Waals surface area contributed by atoms with Crippen LogP contribution < -0.4 is 5.32 Å². The van der Waals surface area contributed by atoms with Crippen molar-refractivity contribution < 1.29 is 5.11 Å². The minimum Gasteiger partial charge on any atom is -0.390 e. The van der Waals surface area contributed by atoms with Gasteiger partial charge in [-0.3, -0.25) is 0 Å². The van der Waals surface area contributed by atoms with Crippen molar-refractivity contribution in [2.24, 2.45) is 11.8 Å². The first kappa shape index (κ1) is 11.4. The van der Waals surface area contributed by atoms with Gasteiger partial charge in [-0.15, -0.1) is 0 Å². The molecule has 15 heavy (non-hydrogen) atoms. The summed E-state index contributed by atoms with van der Waals surface area (Å²) in [5.74, 6) is 1.17. The fourth-order valence-corrected chi connectivity index (χ4v) is 3.11. The van der Waals surface area contributed by atoms with Crippen molar-refractivity contribution in [3.8, 4) is 0 Å². The van der Waals surface area contributed by atoms with Gasteiger partial charge in [0.2, 0.25) is 0 Å². The van der Waals surface area contributed by atoms with E-state index in [-0.39, 0.29) is 0 Å². The van der Waals surface area contributed by atoms with E-state index in [9.17, 15) is 5.11 Å². The smallest absolute Gasteiger partial charge is 0.0674 e. The molecule has 0 aromatic carbocycles. The Kier molecular flexibility index (Phi) is 3.33. The van der Waals surface area contributed by atoms with E-state index in [1.54, 1.807) is 0 Å².